The summed E-state index contributed by atoms with van der Waals surface area (Å²) in [4.78, 5) is 0. The van der Waals surface area contributed by atoms with Crippen molar-refractivity contribution in [3.8, 4) is 6.07 Å². The Hall–Kier alpha value is -2.81. The fourth-order valence-electron chi connectivity index (χ4n) is 1.35. The summed E-state index contributed by atoms with van der Waals surface area (Å²) in [5.41, 5.74) is 9.10. The Labute approximate surface area is 96.8 Å². The van der Waals surface area contributed by atoms with Crippen LogP contribution in [0, 0.1) is 16.7 Å². The van der Waals surface area contributed by atoms with E-state index in [9.17, 15) is 0 Å². The van der Waals surface area contributed by atoms with Gasteiger partial charge in [-0.05, 0) is 18.2 Å². The third kappa shape index (κ3) is 2.08. The van der Waals surface area contributed by atoms with E-state index in [2.05, 4.69) is 10.5 Å². The van der Waals surface area contributed by atoms with Gasteiger partial charge in [0.15, 0.2) is 5.84 Å². The largest absolute Gasteiger partial charge is 0.464 e. The average Bonchev–Trinajstić information content (AvgIpc) is 2.78. The number of amidine groups is 1. The fraction of sp³-hybridized carbons (Fsp3) is 0. The van der Waals surface area contributed by atoms with Crippen molar-refractivity contribution in [2.45, 2.75) is 0 Å². The number of hydrogen-bond acceptors (Lipinski definition) is 5. The third-order valence-corrected chi connectivity index (χ3v) is 2.15. The van der Waals surface area contributed by atoms with E-state index < -0.39 is 0 Å². The van der Waals surface area contributed by atoms with Crippen LogP contribution in [0.3, 0.4) is 0 Å². The molecule has 1 heterocycles. The fourth-order valence-corrected chi connectivity index (χ4v) is 1.35. The van der Waals surface area contributed by atoms with E-state index in [1.54, 1.807) is 30.5 Å². The van der Waals surface area contributed by atoms with Crippen LogP contribution in [-0.4, -0.2) is 11.5 Å². The molecule has 0 unspecified atom stereocenters. The van der Waals surface area contributed by atoms with E-state index in [4.69, 9.17) is 20.8 Å². The standard InChI is InChI=1S/C11H9N5O/c12-6-9(11(13)14)16-15-8-2-1-3-10-7(8)4-5-17-10/h1-5,15H,(H3,13,14)/b16-9+. The van der Waals surface area contributed by atoms with Gasteiger partial charge >= 0.3 is 0 Å². The molecular weight excluding hydrogens is 218 g/mol. The lowest BCUT2D eigenvalue weighted by Gasteiger charge is -2.01. The number of furan rings is 1. The third-order valence-electron chi connectivity index (χ3n) is 2.15. The molecule has 0 radical (unpaired) electrons. The van der Waals surface area contributed by atoms with Crippen molar-refractivity contribution in [2.75, 3.05) is 5.43 Å². The van der Waals surface area contributed by atoms with Gasteiger partial charge in [-0.2, -0.15) is 10.4 Å². The zero-order valence-corrected chi connectivity index (χ0v) is 8.77. The molecule has 0 amide bonds. The van der Waals surface area contributed by atoms with Gasteiger partial charge in [0.25, 0.3) is 0 Å². The molecule has 0 aliphatic heterocycles. The van der Waals surface area contributed by atoms with Crippen LogP contribution < -0.4 is 11.2 Å². The molecule has 0 spiro atoms. The zero-order valence-electron chi connectivity index (χ0n) is 8.77. The number of nitrogens with one attached hydrogen (secondary N) is 2. The van der Waals surface area contributed by atoms with Crippen molar-refractivity contribution in [3.63, 3.8) is 0 Å². The maximum absolute atomic E-state index is 8.69. The smallest absolute Gasteiger partial charge is 0.201 e. The first kappa shape index (κ1) is 10.7. The molecule has 0 saturated heterocycles. The minimum absolute atomic E-state index is 0.162. The molecule has 4 N–H and O–H groups in total. The molecule has 2 rings (SSSR count). The first-order valence-corrected chi connectivity index (χ1v) is 4.77. The lowest BCUT2D eigenvalue weighted by Crippen LogP contribution is -2.21. The van der Waals surface area contributed by atoms with Gasteiger partial charge in [-0.3, -0.25) is 10.8 Å². The number of benzene rings is 1. The highest BCUT2D eigenvalue weighted by atomic mass is 16.3. The van der Waals surface area contributed by atoms with Crippen LogP contribution in [0.2, 0.25) is 0 Å². The van der Waals surface area contributed by atoms with E-state index in [0.29, 0.717) is 11.3 Å². The normalized spacial score (nSPS) is 11.1. The van der Waals surface area contributed by atoms with Gasteiger partial charge in [-0.1, -0.05) is 6.07 Å². The maximum Gasteiger partial charge on any atom is 0.201 e. The summed E-state index contributed by atoms with van der Waals surface area (Å²) in [7, 11) is 0. The van der Waals surface area contributed by atoms with E-state index in [1.165, 1.54) is 0 Å². The Balaban J connectivity index is 2.34. The van der Waals surface area contributed by atoms with Crippen molar-refractivity contribution in [3.05, 3.63) is 30.5 Å². The summed E-state index contributed by atoms with van der Waals surface area (Å²) in [6, 6.07) is 8.92. The van der Waals surface area contributed by atoms with Crippen LogP contribution in [0.15, 0.2) is 40.0 Å². The molecule has 0 aliphatic carbocycles. The molecule has 1 aromatic carbocycles. The van der Waals surface area contributed by atoms with Crippen LogP contribution in [-0.2, 0) is 0 Å². The number of hydrogen-bond donors (Lipinski definition) is 3. The van der Waals surface area contributed by atoms with Gasteiger partial charge in [0, 0.05) is 5.39 Å². The number of nitrogens with zero attached hydrogens (tertiary/aromatic N) is 2. The molecule has 1 aromatic heterocycles. The summed E-state index contributed by atoms with van der Waals surface area (Å²) in [5, 5.41) is 20.4. The zero-order chi connectivity index (χ0) is 12.3. The number of nitrogens with two attached hydrogens (primary N) is 1. The molecule has 0 bridgehead atoms. The van der Waals surface area contributed by atoms with Crippen LogP contribution in [0.25, 0.3) is 11.0 Å². The Bertz CT molecular complexity index is 635. The van der Waals surface area contributed by atoms with Crippen molar-refractivity contribution in [2.24, 2.45) is 10.8 Å². The average molecular weight is 227 g/mol. The molecule has 0 atom stereocenters. The second kappa shape index (κ2) is 4.37. The van der Waals surface area contributed by atoms with Gasteiger partial charge in [0.1, 0.15) is 11.7 Å². The van der Waals surface area contributed by atoms with Crippen molar-refractivity contribution >= 4 is 28.2 Å². The Morgan fingerprint density at radius 3 is 3.00 bits per heavy atom. The quantitative estimate of drug-likeness (QED) is 0.420. The number of rotatable bonds is 3. The molecule has 17 heavy (non-hydrogen) atoms. The Kier molecular flexibility index (Phi) is 2.75. The van der Waals surface area contributed by atoms with Crippen LogP contribution in [0.4, 0.5) is 5.69 Å². The molecule has 0 aliphatic rings. The lowest BCUT2D eigenvalue weighted by molar-refractivity contribution is 0.616. The second-order valence-corrected chi connectivity index (χ2v) is 3.24. The van der Waals surface area contributed by atoms with Crippen LogP contribution in [0.1, 0.15) is 0 Å². The van der Waals surface area contributed by atoms with Gasteiger partial charge in [0.05, 0.1) is 12.0 Å². The molecule has 2 aromatic rings. The van der Waals surface area contributed by atoms with Crippen molar-refractivity contribution < 1.29 is 4.42 Å². The van der Waals surface area contributed by atoms with E-state index in [1.807, 2.05) is 6.07 Å². The molecule has 0 fully saturated rings. The minimum Gasteiger partial charge on any atom is -0.464 e. The van der Waals surface area contributed by atoms with E-state index in [-0.39, 0.29) is 11.5 Å². The van der Waals surface area contributed by atoms with Crippen LogP contribution in [0.5, 0.6) is 0 Å². The predicted octanol–water partition coefficient (Wildman–Crippen LogP) is 1.66. The van der Waals surface area contributed by atoms with E-state index in [0.717, 1.165) is 5.39 Å². The SMILES string of the molecule is N#C/C(=N\Nc1cccc2occc12)C(=N)N. The summed E-state index contributed by atoms with van der Waals surface area (Å²) in [6.45, 7) is 0. The Morgan fingerprint density at radius 1 is 1.47 bits per heavy atom. The highest BCUT2D eigenvalue weighted by molar-refractivity contribution is 6.45. The number of anilines is 1. The number of fused-ring (bicyclic) bond motifs is 1. The van der Waals surface area contributed by atoms with Crippen molar-refractivity contribution in [1.82, 2.24) is 0 Å². The predicted molar refractivity (Wildman–Crippen MR) is 64.8 cm³/mol. The first-order valence-electron chi connectivity index (χ1n) is 4.77. The molecule has 6 heteroatoms. The summed E-state index contributed by atoms with van der Waals surface area (Å²) >= 11 is 0. The van der Waals surface area contributed by atoms with E-state index >= 15 is 0 Å². The summed E-state index contributed by atoms with van der Waals surface area (Å²) < 4.78 is 5.22. The number of hydrazone groups is 1. The lowest BCUT2D eigenvalue weighted by atomic mass is 10.2. The molecule has 84 valence electrons. The highest BCUT2D eigenvalue weighted by Crippen LogP contribution is 2.23. The topological polar surface area (TPSA) is 111 Å². The molecule has 0 saturated carbocycles. The minimum atomic E-state index is -0.376. The number of nitriles is 1. The Morgan fingerprint density at radius 2 is 2.29 bits per heavy atom. The van der Waals surface area contributed by atoms with Gasteiger partial charge in [-0.25, -0.2) is 0 Å². The van der Waals surface area contributed by atoms with Crippen LogP contribution >= 0.6 is 0 Å². The van der Waals surface area contributed by atoms with Gasteiger partial charge in [0.2, 0.25) is 5.71 Å². The first-order chi connectivity index (χ1) is 8.22. The second-order valence-electron chi connectivity index (χ2n) is 3.24. The van der Waals surface area contributed by atoms with Crippen molar-refractivity contribution in [1.29, 1.82) is 10.7 Å². The summed E-state index contributed by atoms with van der Waals surface area (Å²) in [6.07, 6.45) is 1.57. The van der Waals surface area contributed by atoms with Gasteiger partial charge < -0.3 is 10.2 Å². The highest BCUT2D eigenvalue weighted by Gasteiger charge is 2.04. The summed E-state index contributed by atoms with van der Waals surface area (Å²) in [5.74, 6) is -0.376. The maximum atomic E-state index is 8.69. The molecule has 6 nitrogen and oxygen atoms in total. The molecular formula is C11H9N5O. The van der Waals surface area contributed by atoms with Gasteiger partial charge in [-0.15, -0.1) is 0 Å². The monoisotopic (exact) mass is 227 g/mol.